The fraction of sp³-hybridized carbons (Fsp3) is 0.214. The van der Waals surface area contributed by atoms with Crippen molar-refractivity contribution in [1.82, 2.24) is 9.97 Å². The van der Waals surface area contributed by atoms with Gasteiger partial charge in [0.1, 0.15) is 17.3 Å². The van der Waals surface area contributed by atoms with Crippen LogP contribution in [0.15, 0.2) is 71.6 Å². The number of nitrogens with one attached hydrogen (secondary N) is 3. The summed E-state index contributed by atoms with van der Waals surface area (Å²) in [6.45, 7) is 0. The van der Waals surface area contributed by atoms with E-state index < -0.39 is 15.9 Å². The van der Waals surface area contributed by atoms with E-state index in [4.69, 9.17) is 9.47 Å². The summed E-state index contributed by atoms with van der Waals surface area (Å²) in [5.41, 5.74) is 1.88. The molecular weight excluding hydrogens is 534 g/mol. The van der Waals surface area contributed by atoms with E-state index in [1.807, 2.05) is 0 Å². The predicted octanol–water partition coefficient (Wildman–Crippen LogP) is 4.50. The van der Waals surface area contributed by atoms with Gasteiger partial charge in [-0.05, 0) is 36.8 Å². The van der Waals surface area contributed by atoms with E-state index in [1.165, 1.54) is 32.4 Å². The Hall–Kier alpha value is -4.71. The van der Waals surface area contributed by atoms with Crippen molar-refractivity contribution in [1.29, 1.82) is 0 Å². The summed E-state index contributed by atoms with van der Waals surface area (Å²) >= 11 is 0. The standard InChI is InChI=1S/C28H27N5O6S/c1-38-21-13-19(14-22(16-21)39-2)29-26-27(32-25-9-4-3-8-24(25)31-26)33-40(36,37)23-7-5-6-18(15-23)30-28(35)17-10-11-20(34)12-17/h3-9,13-17H,10-12H2,1-2H3,(H,29,31)(H,30,35)(H,32,33). The number of sulfonamides is 1. The molecule has 1 aliphatic carbocycles. The molecule has 11 nitrogen and oxygen atoms in total. The Labute approximate surface area is 231 Å². The van der Waals surface area contributed by atoms with Gasteiger partial charge in [-0.1, -0.05) is 18.2 Å². The minimum absolute atomic E-state index is 0.0283. The smallest absolute Gasteiger partial charge is 0.263 e. The molecule has 0 saturated heterocycles. The first-order valence-electron chi connectivity index (χ1n) is 12.5. The molecule has 4 aromatic rings. The van der Waals surface area contributed by atoms with Crippen LogP contribution >= 0.6 is 0 Å². The first-order chi connectivity index (χ1) is 19.2. The van der Waals surface area contributed by atoms with Crippen LogP contribution in [0.4, 0.5) is 23.0 Å². The van der Waals surface area contributed by atoms with Crippen molar-refractivity contribution in [3.05, 3.63) is 66.7 Å². The molecule has 1 amide bonds. The van der Waals surface area contributed by atoms with Crippen molar-refractivity contribution < 1.29 is 27.5 Å². The number of ether oxygens (including phenoxy) is 2. The monoisotopic (exact) mass is 561 g/mol. The van der Waals surface area contributed by atoms with Crippen LogP contribution in [-0.4, -0.2) is 44.3 Å². The van der Waals surface area contributed by atoms with Gasteiger partial charge in [0.2, 0.25) is 5.91 Å². The number of nitrogens with zero attached hydrogens (tertiary/aromatic N) is 2. The summed E-state index contributed by atoms with van der Waals surface area (Å²) in [6, 6.07) is 18.1. The minimum atomic E-state index is -4.16. The van der Waals surface area contributed by atoms with Crippen molar-refractivity contribution in [2.24, 2.45) is 5.92 Å². The van der Waals surface area contributed by atoms with Gasteiger partial charge in [0.15, 0.2) is 11.6 Å². The van der Waals surface area contributed by atoms with Crippen LogP contribution in [0.2, 0.25) is 0 Å². The number of aromatic nitrogens is 2. The van der Waals surface area contributed by atoms with Gasteiger partial charge in [0.25, 0.3) is 10.0 Å². The number of anilines is 4. The van der Waals surface area contributed by atoms with Crippen LogP contribution in [0, 0.1) is 5.92 Å². The number of hydrogen-bond acceptors (Lipinski definition) is 9. The van der Waals surface area contributed by atoms with Crippen LogP contribution in [0.5, 0.6) is 11.5 Å². The first-order valence-corrected chi connectivity index (χ1v) is 13.9. The second-order valence-corrected chi connectivity index (χ2v) is 10.9. The molecule has 1 atom stereocenters. The molecule has 0 bridgehead atoms. The largest absolute Gasteiger partial charge is 0.497 e. The number of methoxy groups -OCH3 is 2. The maximum atomic E-state index is 13.5. The quantitative estimate of drug-likeness (QED) is 0.269. The highest BCUT2D eigenvalue weighted by Crippen LogP contribution is 2.32. The molecule has 1 fully saturated rings. The topological polar surface area (TPSA) is 149 Å². The number of amides is 1. The Morgan fingerprint density at radius 2 is 1.55 bits per heavy atom. The number of Topliss-reactive ketones (excluding diaryl/α,β-unsaturated/α-hetero) is 1. The number of hydrogen-bond donors (Lipinski definition) is 3. The number of carbonyl (C=O) groups is 2. The van der Waals surface area contributed by atoms with Gasteiger partial charge < -0.3 is 20.1 Å². The Morgan fingerprint density at radius 3 is 2.17 bits per heavy atom. The van der Waals surface area contributed by atoms with Gasteiger partial charge in [-0.3, -0.25) is 14.3 Å². The molecule has 1 aromatic heterocycles. The van der Waals surface area contributed by atoms with E-state index in [0.29, 0.717) is 46.7 Å². The SMILES string of the molecule is COc1cc(Nc2nc3ccccc3nc2NS(=O)(=O)c2cccc(NC(=O)C3CCC(=O)C3)c2)cc(OC)c1. The highest BCUT2D eigenvalue weighted by molar-refractivity contribution is 7.92. The van der Waals surface area contributed by atoms with Crippen molar-refractivity contribution in [3.63, 3.8) is 0 Å². The lowest BCUT2D eigenvalue weighted by Crippen LogP contribution is -2.21. The van der Waals surface area contributed by atoms with Crippen molar-refractivity contribution in [2.45, 2.75) is 24.2 Å². The fourth-order valence-corrected chi connectivity index (χ4v) is 5.44. The van der Waals surface area contributed by atoms with Crippen LogP contribution in [0.1, 0.15) is 19.3 Å². The molecule has 0 aliphatic heterocycles. The zero-order valence-electron chi connectivity index (χ0n) is 21.8. The Kier molecular flexibility index (Phi) is 7.52. The Morgan fingerprint density at radius 1 is 0.875 bits per heavy atom. The van der Waals surface area contributed by atoms with E-state index >= 15 is 0 Å². The van der Waals surface area contributed by atoms with Gasteiger partial charge >= 0.3 is 0 Å². The van der Waals surface area contributed by atoms with Crippen molar-refractivity contribution >= 4 is 55.8 Å². The summed E-state index contributed by atoms with van der Waals surface area (Å²) in [7, 11) is -1.10. The van der Waals surface area contributed by atoms with E-state index in [0.717, 1.165) is 0 Å². The highest BCUT2D eigenvalue weighted by atomic mass is 32.2. The van der Waals surface area contributed by atoms with Crippen molar-refractivity contribution in [3.8, 4) is 11.5 Å². The molecule has 0 radical (unpaired) electrons. The maximum absolute atomic E-state index is 13.5. The Balaban J connectivity index is 1.45. The second-order valence-electron chi connectivity index (χ2n) is 9.24. The molecular formula is C28H27N5O6S. The zero-order valence-corrected chi connectivity index (χ0v) is 22.6. The molecule has 206 valence electrons. The zero-order chi connectivity index (χ0) is 28.3. The van der Waals surface area contributed by atoms with Gasteiger partial charge in [0, 0.05) is 48.3 Å². The van der Waals surface area contributed by atoms with Crippen molar-refractivity contribution in [2.75, 3.05) is 29.6 Å². The summed E-state index contributed by atoms with van der Waals surface area (Å²) in [4.78, 5) is 33.2. The van der Waals surface area contributed by atoms with Crippen LogP contribution in [0.25, 0.3) is 11.0 Å². The summed E-state index contributed by atoms with van der Waals surface area (Å²) < 4.78 is 40.2. The maximum Gasteiger partial charge on any atom is 0.263 e. The molecule has 40 heavy (non-hydrogen) atoms. The predicted molar refractivity (Wildman–Crippen MR) is 151 cm³/mol. The molecule has 12 heteroatoms. The number of para-hydroxylation sites is 2. The van der Waals surface area contributed by atoms with Gasteiger partial charge in [0.05, 0.1) is 30.1 Å². The lowest BCUT2D eigenvalue weighted by atomic mass is 10.1. The molecule has 5 rings (SSSR count). The summed E-state index contributed by atoms with van der Waals surface area (Å²) in [5.74, 6) is 0.509. The third kappa shape index (κ3) is 5.96. The molecule has 1 saturated carbocycles. The third-order valence-corrected chi connectivity index (χ3v) is 7.78. The number of fused-ring (bicyclic) bond motifs is 1. The minimum Gasteiger partial charge on any atom is -0.497 e. The number of benzene rings is 3. The van der Waals surface area contributed by atoms with E-state index in [-0.39, 0.29) is 34.6 Å². The lowest BCUT2D eigenvalue weighted by molar-refractivity contribution is -0.122. The summed E-state index contributed by atoms with van der Waals surface area (Å²) in [6.07, 6.45) is 1.06. The second kappa shape index (κ2) is 11.2. The van der Waals surface area contributed by atoms with E-state index in [1.54, 1.807) is 48.5 Å². The Bertz CT molecular complexity index is 1690. The molecule has 0 spiro atoms. The van der Waals surface area contributed by atoms with Crippen LogP contribution in [0.3, 0.4) is 0 Å². The van der Waals surface area contributed by atoms with Crippen LogP contribution < -0.4 is 24.8 Å². The van der Waals surface area contributed by atoms with Gasteiger partial charge in [-0.2, -0.15) is 0 Å². The average molecular weight is 562 g/mol. The average Bonchev–Trinajstić information content (AvgIpc) is 3.39. The lowest BCUT2D eigenvalue weighted by Gasteiger charge is -2.15. The third-order valence-electron chi connectivity index (χ3n) is 6.44. The molecule has 1 unspecified atom stereocenters. The molecule has 1 heterocycles. The molecule has 3 N–H and O–H groups in total. The fourth-order valence-electron chi connectivity index (χ4n) is 4.38. The van der Waals surface area contributed by atoms with E-state index in [9.17, 15) is 18.0 Å². The molecule has 1 aliphatic rings. The van der Waals surface area contributed by atoms with Crippen LogP contribution in [-0.2, 0) is 19.6 Å². The molecule has 3 aromatic carbocycles. The first kappa shape index (κ1) is 26.9. The number of rotatable bonds is 9. The highest BCUT2D eigenvalue weighted by Gasteiger charge is 2.28. The van der Waals surface area contributed by atoms with Gasteiger partial charge in [-0.25, -0.2) is 18.4 Å². The van der Waals surface area contributed by atoms with Gasteiger partial charge in [-0.15, -0.1) is 0 Å². The normalized spacial score (nSPS) is 15.1. The number of ketones is 1. The number of carbonyl (C=O) groups excluding carboxylic acids is 2. The van der Waals surface area contributed by atoms with E-state index in [2.05, 4.69) is 25.3 Å². The summed E-state index contributed by atoms with van der Waals surface area (Å²) in [5, 5.41) is 5.84.